The molecule has 0 aromatic heterocycles. The van der Waals surface area contributed by atoms with Gasteiger partial charge in [-0.15, -0.1) is 0 Å². The van der Waals surface area contributed by atoms with Gasteiger partial charge in [-0.1, -0.05) is 12.1 Å². The van der Waals surface area contributed by atoms with Gasteiger partial charge >= 0.3 is 6.09 Å². The lowest BCUT2D eigenvalue weighted by molar-refractivity contribution is 0.0902. The van der Waals surface area contributed by atoms with E-state index in [1.165, 1.54) is 0 Å². The number of hydrogen-bond acceptors (Lipinski definition) is 6. The predicted molar refractivity (Wildman–Crippen MR) is 112 cm³/mol. The van der Waals surface area contributed by atoms with Crippen molar-refractivity contribution >= 4 is 29.1 Å². The van der Waals surface area contributed by atoms with E-state index in [9.17, 15) is 9.59 Å². The first-order chi connectivity index (χ1) is 14.0. The number of methoxy groups -OCH3 is 1. The quantitative estimate of drug-likeness (QED) is 0.617. The molecule has 1 aliphatic rings. The molecule has 3 rings (SSSR count). The maximum absolute atomic E-state index is 12.5. The van der Waals surface area contributed by atoms with E-state index in [1.54, 1.807) is 31.4 Å². The number of para-hydroxylation sites is 2. The third-order valence-electron chi connectivity index (χ3n) is 5.04. The number of nitrogens with one attached hydrogen (secondary N) is 1. The number of hydrogen-bond donors (Lipinski definition) is 3. The second kappa shape index (κ2) is 9.29. The molecule has 0 radical (unpaired) electrons. The predicted octanol–water partition coefficient (Wildman–Crippen LogP) is 2.60. The van der Waals surface area contributed by atoms with Crippen LogP contribution >= 0.6 is 0 Å². The first-order valence-electron chi connectivity index (χ1n) is 9.47. The Morgan fingerprint density at radius 2 is 1.90 bits per heavy atom. The van der Waals surface area contributed by atoms with E-state index in [-0.39, 0.29) is 18.1 Å². The fraction of sp³-hybridized carbons (Fsp3) is 0.333. The molecular formula is C21H26N4O4. The molecule has 1 aliphatic heterocycles. The van der Waals surface area contributed by atoms with Gasteiger partial charge in [0, 0.05) is 37.9 Å². The van der Waals surface area contributed by atoms with Crippen molar-refractivity contribution in [3.63, 3.8) is 0 Å². The highest BCUT2D eigenvalue weighted by molar-refractivity contribution is 6.05. The third kappa shape index (κ3) is 4.97. The fourth-order valence-electron chi connectivity index (χ4n) is 3.62. The molecule has 2 atom stereocenters. The van der Waals surface area contributed by atoms with Crippen molar-refractivity contribution in [2.45, 2.75) is 25.0 Å². The van der Waals surface area contributed by atoms with Crippen LogP contribution in [0, 0.1) is 0 Å². The fourth-order valence-corrected chi connectivity index (χ4v) is 3.62. The van der Waals surface area contributed by atoms with Crippen LogP contribution in [0.25, 0.3) is 0 Å². The zero-order valence-corrected chi connectivity index (χ0v) is 16.3. The Kier molecular flexibility index (Phi) is 6.56. The minimum Gasteiger partial charge on any atom is -0.444 e. The summed E-state index contributed by atoms with van der Waals surface area (Å²) in [4.78, 5) is 25.9. The minimum atomic E-state index is -0.772. The van der Waals surface area contributed by atoms with Crippen molar-refractivity contribution in [2.24, 2.45) is 5.73 Å². The molecule has 2 aromatic carbocycles. The van der Waals surface area contributed by atoms with Gasteiger partial charge in [-0.25, -0.2) is 4.79 Å². The minimum absolute atomic E-state index is 0.0359. The monoisotopic (exact) mass is 398 g/mol. The molecule has 1 fully saturated rings. The number of ether oxygens (including phenoxy) is 2. The van der Waals surface area contributed by atoms with E-state index in [0.717, 1.165) is 12.2 Å². The Morgan fingerprint density at radius 1 is 1.17 bits per heavy atom. The standard InChI is InChI=1S/C21H26N4O4/c1-28-13-11-18-19(29-21(23)27)10-12-25(18)15-8-6-14(7-9-15)20(26)24-17-5-3-2-4-16(17)22/h2-9,18-19H,10-13,22H2,1H3,(H2,23,27)(H,24,26)/t18-,19?/m0/s1. The third-order valence-corrected chi connectivity index (χ3v) is 5.04. The normalized spacial score (nSPS) is 18.4. The Morgan fingerprint density at radius 3 is 2.55 bits per heavy atom. The van der Waals surface area contributed by atoms with Gasteiger partial charge in [-0.3, -0.25) is 4.79 Å². The van der Waals surface area contributed by atoms with Gasteiger partial charge in [0.1, 0.15) is 6.10 Å². The first kappa shape index (κ1) is 20.5. The van der Waals surface area contributed by atoms with Gasteiger partial charge in [0.25, 0.3) is 5.91 Å². The van der Waals surface area contributed by atoms with Crippen molar-refractivity contribution in [3.8, 4) is 0 Å². The van der Waals surface area contributed by atoms with E-state index in [0.29, 0.717) is 36.4 Å². The van der Waals surface area contributed by atoms with Crippen LogP contribution in [0.4, 0.5) is 21.9 Å². The summed E-state index contributed by atoms with van der Waals surface area (Å²) in [7, 11) is 1.64. The zero-order chi connectivity index (χ0) is 20.8. The zero-order valence-electron chi connectivity index (χ0n) is 16.3. The van der Waals surface area contributed by atoms with Crippen LogP contribution in [0.2, 0.25) is 0 Å². The van der Waals surface area contributed by atoms with Gasteiger partial charge in [0.15, 0.2) is 0 Å². The highest BCUT2D eigenvalue weighted by atomic mass is 16.6. The van der Waals surface area contributed by atoms with E-state index < -0.39 is 6.09 Å². The molecule has 2 aromatic rings. The summed E-state index contributed by atoms with van der Waals surface area (Å²) in [5, 5.41) is 2.82. The summed E-state index contributed by atoms with van der Waals surface area (Å²) in [6.07, 6.45) is 0.328. The first-order valence-corrected chi connectivity index (χ1v) is 9.47. The summed E-state index contributed by atoms with van der Waals surface area (Å²) in [6.45, 7) is 1.26. The molecule has 2 amide bonds. The molecule has 1 saturated heterocycles. The van der Waals surface area contributed by atoms with E-state index in [1.807, 2.05) is 24.3 Å². The molecule has 0 spiro atoms. The van der Waals surface area contributed by atoms with Crippen LogP contribution in [0.3, 0.4) is 0 Å². The Labute approximate surface area is 169 Å². The van der Waals surface area contributed by atoms with Gasteiger partial charge in [-0.2, -0.15) is 0 Å². The number of primary amides is 1. The molecule has 8 nitrogen and oxygen atoms in total. The van der Waals surface area contributed by atoms with Crippen LogP contribution in [-0.2, 0) is 9.47 Å². The number of nitrogen functional groups attached to an aromatic ring is 1. The molecule has 1 unspecified atom stereocenters. The SMILES string of the molecule is COCC[C@H]1C(OC(N)=O)CCN1c1ccc(C(=O)Nc2ccccc2N)cc1. The number of rotatable bonds is 7. The van der Waals surface area contributed by atoms with Crippen LogP contribution < -0.4 is 21.7 Å². The number of carbonyl (C=O) groups is 2. The van der Waals surface area contributed by atoms with Gasteiger partial charge in [0.2, 0.25) is 0 Å². The van der Waals surface area contributed by atoms with E-state index in [2.05, 4.69) is 10.2 Å². The average Bonchev–Trinajstić information content (AvgIpc) is 3.09. The molecular weight excluding hydrogens is 372 g/mol. The van der Waals surface area contributed by atoms with Gasteiger partial charge in [-0.05, 0) is 42.8 Å². The molecule has 8 heteroatoms. The van der Waals surface area contributed by atoms with Crippen LogP contribution in [-0.4, -0.2) is 44.4 Å². The number of benzene rings is 2. The molecule has 0 aliphatic carbocycles. The Balaban J connectivity index is 1.72. The lowest BCUT2D eigenvalue weighted by Crippen LogP contribution is -2.39. The molecule has 0 bridgehead atoms. The number of nitrogens with zero attached hydrogens (tertiary/aromatic N) is 1. The molecule has 29 heavy (non-hydrogen) atoms. The highest BCUT2D eigenvalue weighted by Gasteiger charge is 2.36. The van der Waals surface area contributed by atoms with Crippen LogP contribution in [0.1, 0.15) is 23.2 Å². The Hall–Kier alpha value is -3.26. The van der Waals surface area contributed by atoms with Crippen molar-refractivity contribution in [1.82, 2.24) is 0 Å². The van der Waals surface area contributed by atoms with Crippen molar-refractivity contribution < 1.29 is 19.1 Å². The van der Waals surface area contributed by atoms with Gasteiger partial charge in [0.05, 0.1) is 17.4 Å². The number of carbonyl (C=O) groups excluding carboxylic acids is 2. The summed E-state index contributed by atoms with van der Waals surface area (Å²) in [5.41, 5.74) is 13.6. The lowest BCUT2D eigenvalue weighted by Gasteiger charge is -2.29. The second-order valence-electron chi connectivity index (χ2n) is 6.89. The van der Waals surface area contributed by atoms with Crippen molar-refractivity contribution in [3.05, 3.63) is 54.1 Å². The van der Waals surface area contributed by atoms with Gasteiger partial charge < -0.3 is 31.2 Å². The number of nitrogens with two attached hydrogens (primary N) is 2. The molecule has 0 saturated carbocycles. The Bertz CT molecular complexity index is 856. The molecule has 154 valence electrons. The number of anilines is 3. The van der Waals surface area contributed by atoms with Crippen molar-refractivity contribution in [1.29, 1.82) is 0 Å². The topological polar surface area (TPSA) is 120 Å². The average molecular weight is 398 g/mol. The molecule has 5 N–H and O–H groups in total. The highest BCUT2D eigenvalue weighted by Crippen LogP contribution is 2.30. The summed E-state index contributed by atoms with van der Waals surface area (Å²) in [6, 6.07) is 14.4. The summed E-state index contributed by atoms with van der Waals surface area (Å²) >= 11 is 0. The smallest absolute Gasteiger partial charge is 0.404 e. The summed E-state index contributed by atoms with van der Waals surface area (Å²) < 4.78 is 10.5. The molecule has 1 heterocycles. The van der Waals surface area contributed by atoms with Crippen LogP contribution in [0.5, 0.6) is 0 Å². The largest absolute Gasteiger partial charge is 0.444 e. The van der Waals surface area contributed by atoms with Crippen molar-refractivity contribution in [2.75, 3.05) is 36.2 Å². The maximum Gasteiger partial charge on any atom is 0.404 e. The number of amides is 2. The van der Waals surface area contributed by atoms with Crippen LogP contribution in [0.15, 0.2) is 48.5 Å². The lowest BCUT2D eigenvalue weighted by atomic mass is 10.1. The summed E-state index contributed by atoms with van der Waals surface area (Å²) in [5.74, 6) is -0.234. The second-order valence-corrected chi connectivity index (χ2v) is 6.89. The maximum atomic E-state index is 12.5. The van der Waals surface area contributed by atoms with E-state index in [4.69, 9.17) is 20.9 Å². The van der Waals surface area contributed by atoms with E-state index >= 15 is 0 Å².